The number of aliphatic hydroxyl groups is 1. The van der Waals surface area contributed by atoms with Crippen LogP contribution in [-0.2, 0) is 9.59 Å². The van der Waals surface area contributed by atoms with Crippen molar-refractivity contribution >= 4 is 28.8 Å². The minimum Gasteiger partial charge on any atom is -0.493 e. The van der Waals surface area contributed by atoms with Gasteiger partial charge < -0.3 is 25.2 Å². The number of anilines is 1. The first-order chi connectivity index (χ1) is 12.0. The van der Waals surface area contributed by atoms with Gasteiger partial charge in [-0.05, 0) is 36.1 Å². The summed E-state index contributed by atoms with van der Waals surface area (Å²) in [5.74, 6) is -0.714. The van der Waals surface area contributed by atoms with Crippen LogP contribution in [0.1, 0.15) is 16.5 Å². The summed E-state index contributed by atoms with van der Waals surface area (Å²) in [5, 5.41) is 16.8. The molecule has 134 valence electrons. The Bertz CT molecular complexity index is 759. The van der Waals surface area contributed by atoms with Crippen LogP contribution in [0.25, 0.3) is 0 Å². The second kappa shape index (κ2) is 8.50. The molecule has 0 aliphatic heterocycles. The van der Waals surface area contributed by atoms with Gasteiger partial charge in [0.1, 0.15) is 6.10 Å². The SMILES string of the molecule is COc1ccc(NC(=O)C(=O)NCC(O)c2sccc2C)cc1OC. The molecule has 2 aromatic rings. The van der Waals surface area contributed by atoms with Crippen LogP contribution < -0.4 is 20.1 Å². The number of hydrogen-bond donors (Lipinski definition) is 3. The maximum absolute atomic E-state index is 12.0. The summed E-state index contributed by atoms with van der Waals surface area (Å²) in [6, 6.07) is 6.65. The van der Waals surface area contributed by atoms with E-state index in [2.05, 4.69) is 10.6 Å². The molecule has 2 rings (SSSR count). The molecule has 7 nitrogen and oxygen atoms in total. The number of aryl methyl sites for hydroxylation is 1. The Morgan fingerprint density at radius 1 is 1.16 bits per heavy atom. The quantitative estimate of drug-likeness (QED) is 0.680. The lowest BCUT2D eigenvalue weighted by Gasteiger charge is -2.12. The predicted molar refractivity (Wildman–Crippen MR) is 95.2 cm³/mol. The number of thiophene rings is 1. The van der Waals surface area contributed by atoms with Gasteiger partial charge in [0.05, 0.1) is 14.2 Å². The number of carbonyl (C=O) groups is 2. The highest BCUT2D eigenvalue weighted by Gasteiger charge is 2.18. The van der Waals surface area contributed by atoms with Crippen LogP contribution >= 0.6 is 11.3 Å². The Morgan fingerprint density at radius 2 is 1.88 bits per heavy atom. The maximum Gasteiger partial charge on any atom is 0.313 e. The maximum atomic E-state index is 12.0. The lowest BCUT2D eigenvalue weighted by Crippen LogP contribution is -2.37. The van der Waals surface area contributed by atoms with Crippen molar-refractivity contribution in [3.05, 3.63) is 40.1 Å². The van der Waals surface area contributed by atoms with Crippen LogP contribution in [0.3, 0.4) is 0 Å². The van der Waals surface area contributed by atoms with E-state index < -0.39 is 17.9 Å². The van der Waals surface area contributed by atoms with Crippen LogP contribution in [0.5, 0.6) is 11.5 Å². The number of rotatable bonds is 6. The number of ether oxygens (including phenoxy) is 2. The molecule has 0 fully saturated rings. The fourth-order valence-electron chi connectivity index (χ4n) is 2.19. The van der Waals surface area contributed by atoms with Crippen LogP contribution in [0.2, 0.25) is 0 Å². The Labute approximate surface area is 149 Å². The molecule has 2 amide bonds. The van der Waals surface area contributed by atoms with E-state index in [1.807, 2.05) is 18.4 Å². The van der Waals surface area contributed by atoms with E-state index in [9.17, 15) is 14.7 Å². The van der Waals surface area contributed by atoms with Crippen LogP contribution in [0, 0.1) is 6.92 Å². The molecule has 1 aromatic carbocycles. The summed E-state index contributed by atoms with van der Waals surface area (Å²) >= 11 is 1.40. The number of carbonyl (C=O) groups excluding carboxylic acids is 2. The van der Waals surface area contributed by atoms with Crippen molar-refractivity contribution < 1.29 is 24.2 Å². The zero-order chi connectivity index (χ0) is 18.4. The van der Waals surface area contributed by atoms with Crippen molar-refractivity contribution in [2.45, 2.75) is 13.0 Å². The number of methoxy groups -OCH3 is 2. The normalized spacial score (nSPS) is 11.5. The molecule has 0 aliphatic carbocycles. The standard InChI is InChI=1S/C17H20N2O5S/c1-10-6-7-25-15(10)12(20)9-18-16(21)17(22)19-11-4-5-13(23-2)14(8-11)24-3/h4-8,12,20H,9H2,1-3H3,(H,18,21)(H,19,22). The van der Waals surface area contributed by atoms with Gasteiger partial charge in [-0.3, -0.25) is 9.59 Å². The lowest BCUT2D eigenvalue weighted by molar-refractivity contribution is -0.136. The zero-order valence-corrected chi connectivity index (χ0v) is 15.0. The lowest BCUT2D eigenvalue weighted by atomic mass is 10.2. The molecule has 0 aliphatic rings. The van der Waals surface area contributed by atoms with Gasteiger partial charge in [0.2, 0.25) is 0 Å². The third-order valence-electron chi connectivity index (χ3n) is 3.51. The number of aliphatic hydroxyl groups excluding tert-OH is 1. The fourth-order valence-corrected chi connectivity index (χ4v) is 3.10. The molecule has 3 N–H and O–H groups in total. The van der Waals surface area contributed by atoms with Gasteiger partial charge in [0.25, 0.3) is 0 Å². The van der Waals surface area contributed by atoms with E-state index in [1.54, 1.807) is 18.2 Å². The topological polar surface area (TPSA) is 96.9 Å². The second-order valence-corrected chi connectivity index (χ2v) is 6.17. The van der Waals surface area contributed by atoms with Gasteiger partial charge in [0, 0.05) is 23.2 Å². The van der Waals surface area contributed by atoms with Crippen molar-refractivity contribution in [2.75, 3.05) is 26.1 Å². The van der Waals surface area contributed by atoms with Crippen molar-refractivity contribution in [3.8, 4) is 11.5 Å². The number of benzene rings is 1. The average Bonchev–Trinajstić information content (AvgIpc) is 3.05. The van der Waals surface area contributed by atoms with E-state index >= 15 is 0 Å². The van der Waals surface area contributed by atoms with E-state index in [-0.39, 0.29) is 6.54 Å². The van der Waals surface area contributed by atoms with Crippen LogP contribution in [0.4, 0.5) is 5.69 Å². The summed E-state index contributed by atoms with van der Waals surface area (Å²) in [7, 11) is 2.98. The monoisotopic (exact) mass is 364 g/mol. The van der Waals surface area contributed by atoms with Crippen molar-refractivity contribution in [2.24, 2.45) is 0 Å². The van der Waals surface area contributed by atoms with Gasteiger partial charge in [0.15, 0.2) is 11.5 Å². The molecule has 0 saturated carbocycles. The highest BCUT2D eigenvalue weighted by Crippen LogP contribution is 2.29. The van der Waals surface area contributed by atoms with Crippen molar-refractivity contribution in [1.29, 1.82) is 0 Å². The first-order valence-corrected chi connectivity index (χ1v) is 8.37. The first-order valence-electron chi connectivity index (χ1n) is 7.49. The van der Waals surface area contributed by atoms with Gasteiger partial charge in [-0.2, -0.15) is 0 Å². The van der Waals surface area contributed by atoms with Crippen LogP contribution in [0.15, 0.2) is 29.6 Å². The molecule has 25 heavy (non-hydrogen) atoms. The molecular formula is C17H20N2O5S. The third kappa shape index (κ3) is 4.71. The third-order valence-corrected chi connectivity index (χ3v) is 4.63. The zero-order valence-electron chi connectivity index (χ0n) is 14.2. The molecule has 1 heterocycles. The summed E-state index contributed by atoms with van der Waals surface area (Å²) in [6.45, 7) is 1.83. The van der Waals surface area contributed by atoms with Crippen LogP contribution in [-0.4, -0.2) is 37.7 Å². The molecule has 1 atom stereocenters. The number of nitrogens with one attached hydrogen (secondary N) is 2. The Hall–Kier alpha value is -2.58. The first kappa shape index (κ1) is 18.8. The second-order valence-electron chi connectivity index (χ2n) is 5.22. The number of amides is 2. The summed E-state index contributed by atoms with van der Waals surface area (Å²) in [5.41, 5.74) is 1.34. The molecule has 1 aromatic heterocycles. The van der Waals surface area contributed by atoms with E-state index in [1.165, 1.54) is 25.6 Å². The van der Waals surface area contributed by atoms with Crippen molar-refractivity contribution in [1.82, 2.24) is 5.32 Å². The number of hydrogen-bond acceptors (Lipinski definition) is 6. The average molecular weight is 364 g/mol. The molecule has 0 saturated heterocycles. The van der Waals surface area contributed by atoms with E-state index in [0.29, 0.717) is 17.2 Å². The van der Waals surface area contributed by atoms with E-state index in [4.69, 9.17) is 9.47 Å². The summed E-state index contributed by atoms with van der Waals surface area (Å²) in [4.78, 5) is 24.6. The summed E-state index contributed by atoms with van der Waals surface area (Å²) < 4.78 is 10.3. The molecule has 8 heteroatoms. The Morgan fingerprint density at radius 3 is 2.48 bits per heavy atom. The molecule has 0 spiro atoms. The van der Waals surface area contributed by atoms with Gasteiger partial charge in [-0.25, -0.2) is 0 Å². The summed E-state index contributed by atoms with van der Waals surface area (Å²) in [6.07, 6.45) is -0.849. The molecule has 1 unspecified atom stereocenters. The van der Waals surface area contributed by atoms with Gasteiger partial charge in [-0.15, -0.1) is 11.3 Å². The van der Waals surface area contributed by atoms with Gasteiger partial charge >= 0.3 is 11.8 Å². The van der Waals surface area contributed by atoms with Gasteiger partial charge in [-0.1, -0.05) is 0 Å². The smallest absolute Gasteiger partial charge is 0.313 e. The Balaban J connectivity index is 1.92. The van der Waals surface area contributed by atoms with Crippen molar-refractivity contribution in [3.63, 3.8) is 0 Å². The Kier molecular flexibility index (Phi) is 6.37. The van der Waals surface area contributed by atoms with E-state index in [0.717, 1.165) is 10.4 Å². The fraction of sp³-hybridized carbons (Fsp3) is 0.294. The molecule has 0 radical (unpaired) electrons. The highest BCUT2D eigenvalue weighted by atomic mass is 32.1. The minimum absolute atomic E-state index is 0.0421. The minimum atomic E-state index is -0.849. The highest BCUT2D eigenvalue weighted by molar-refractivity contribution is 7.10. The predicted octanol–water partition coefficient (Wildman–Crippen LogP) is 1.86. The molecular weight excluding hydrogens is 344 g/mol. The molecule has 0 bridgehead atoms. The largest absolute Gasteiger partial charge is 0.493 e.